The Balaban J connectivity index is 0.000000961. The Morgan fingerprint density at radius 3 is 1.11 bits per heavy atom. The van der Waals surface area contributed by atoms with E-state index in [0.29, 0.717) is 5.56 Å². The first-order valence-corrected chi connectivity index (χ1v) is 30.9. The van der Waals surface area contributed by atoms with Crippen molar-refractivity contribution in [3.63, 3.8) is 0 Å². The van der Waals surface area contributed by atoms with Gasteiger partial charge in [-0.05, 0) is 119 Å². The Bertz CT molecular complexity index is 5240. The lowest BCUT2D eigenvalue weighted by Gasteiger charge is -2.33. The molecule has 0 aliphatic carbocycles. The van der Waals surface area contributed by atoms with Crippen molar-refractivity contribution in [2.75, 3.05) is 0 Å². The number of benzene rings is 12. The molecule has 0 N–H and O–H groups in total. The zero-order valence-corrected chi connectivity index (χ0v) is 49.1. The SMILES string of the molecule is C=C/C=C\C=C.N#Cc1ccc(Sc2ccc(-n3c4c(ccc5c4c4ccccc4n5-c4cc5c6c(c4)Oc4ccccc4B6c4ccccc4O5)c4ccc5c(c6ccccc6n5-c5cc6c7c(c5)Oc5ccccc5B7c5ccccc5O6)c43)cc2)cc1. The highest BCUT2D eigenvalue weighted by Crippen LogP contribution is 2.48. The average Bonchev–Trinajstić information content (AvgIpc) is 1.46. The van der Waals surface area contributed by atoms with Crippen LogP contribution in [0.2, 0.25) is 0 Å². The first-order valence-electron chi connectivity index (χ1n) is 30.1. The second-order valence-corrected chi connectivity index (χ2v) is 24.1. The van der Waals surface area contributed by atoms with Gasteiger partial charge in [-0.15, -0.1) is 0 Å². The summed E-state index contributed by atoms with van der Waals surface area (Å²) in [4.78, 5) is 2.16. The van der Waals surface area contributed by atoms with Gasteiger partial charge < -0.3 is 32.6 Å². The van der Waals surface area contributed by atoms with Gasteiger partial charge in [0.15, 0.2) is 0 Å². The molecule has 90 heavy (non-hydrogen) atoms. The normalized spacial score (nSPS) is 12.8. The Kier molecular flexibility index (Phi) is 11.6. The summed E-state index contributed by atoms with van der Waals surface area (Å²) in [5, 5.41) is 16.3. The molecule has 0 fully saturated rings. The van der Waals surface area contributed by atoms with Gasteiger partial charge in [-0.1, -0.05) is 171 Å². The standard InChI is InChI=1S/C73H40B2N4O4S.C6H8/c76-41-42-25-29-46(30-26-42)84-47-31-27-43(28-32-47)79-72-48(33-35-58-68(72)50-13-1-7-19-56(50)77(58)44-37-64-70-65(38-44)81-61-22-10-4-16-53(61)74(70)52-15-3-9-21-60(52)80-64)49-34-36-59-69(73(49)79)51-14-2-8-20-57(51)78(59)45-39-66-71-67(40-45)83-63-24-12-6-18-55(63)75(71)54-17-5-11-23-62(54)82-66;1-3-5-6-4-2/h1-40H;3-6H,1-2H2/b;6-5-. The van der Waals surface area contributed by atoms with Gasteiger partial charge in [0.2, 0.25) is 0 Å². The fraction of sp³-hybridized carbons (Fsp3) is 0. The Labute approximate surface area is 522 Å². The largest absolute Gasteiger partial charge is 0.458 e. The number of ether oxygens (including phenoxy) is 4. The summed E-state index contributed by atoms with van der Waals surface area (Å²) in [5.41, 5.74) is 16.6. The molecular formula is C79H48B2N4O4S. The van der Waals surface area contributed by atoms with Crippen LogP contribution in [0.15, 0.2) is 290 Å². The Hall–Kier alpha value is -11.6. The van der Waals surface area contributed by atoms with Crippen LogP contribution in [0.5, 0.6) is 46.0 Å². The molecule has 0 radical (unpaired) electrons. The van der Waals surface area contributed by atoms with Crippen LogP contribution in [0.3, 0.4) is 0 Å². The molecule has 0 saturated heterocycles. The third-order valence-corrected chi connectivity index (χ3v) is 19.1. The summed E-state index contributed by atoms with van der Waals surface area (Å²) in [5.74, 6) is 6.56. The summed E-state index contributed by atoms with van der Waals surface area (Å²) in [7, 11) is 0. The highest BCUT2D eigenvalue weighted by Gasteiger charge is 2.42. The minimum absolute atomic E-state index is 0.0340. The molecule has 420 valence electrons. The maximum absolute atomic E-state index is 9.54. The molecule has 12 aromatic carbocycles. The van der Waals surface area contributed by atoms with E-state index in [1.165, 1.54) is 0 Å². The van der Waals surface area contributed by atoms with Crippen molar-refractivity contribution < 1.29 is 18.9 Å². The van der Waals surface area contributed by atoms with Crippen LogP contribution in [0.25, 0.3) is 82.5 Å². The second-order valence-electron chi connectivity index (χ2n) is 23.0. The molecule has 0 spiro atoms. The minimum atomic E-state index is -0.0340. The molecule has 0 amide bonds. The van der Waals surface area contributed by atoms with Gasteiger partial charge in [-0.25, -0.2) is 0 Å². The quantitative estimate of drug-likeness (QED) is 0.117. The summed E-state index contributed by atoms with van der Waals surface area (Å²) in [6.45, 7) is 6.86. The lowest BCUT2D eigenvalue weighted by molar-refractivity contribution is 0.463. The fourth-order valence-electron chi connectivity index (χ4n) is 14.5. The number of aromatic nitrogens is 3. The zero-order chi connectivity index (χ0) is 59.7. The molecule has 8 nitrogen and oxygen atoms in total. The number of allylic oxidation sites excluding steroid dienone is 4. The van der Waals surface area contributed by atoms with E-state index in [1.54, 1.807) is 23.9 Å². The van der Waals surface area contributed by atoms with Gasteiger partial charge >= 0.3 is 0 Å². The maximum atomic E-state index is 9.54. The smallest absolute Gasteiger partial charge is 0.260 e. The van der Waals surface area contributed by atoms with Gasteiger partial charge in [-0.2, -0.15) is 5.26 Å². The number of nitriles is 1. The van der Waals surface area contributed by atoms with E-state index in [4.69, 9.17) is 18.9 Å². The van der Waals surface area contributed by atoms with Crippen LogP contribution < -0.4 is 51.7 Å². The van der Waals surface area contributed by atoms with E-state index in [0.717, 1.165) is 171 Å². The summed E-state index contributed by atoms with van der Waals surface area (Å²) >= 11 is 1.68. The molecule has 0 saturated carbocycles. The molecule has 3 aromatic heterocycles. The zero-order valence-electron chi connectivity index (χ0n) is 48.3. The number of fused-ring (bicyclic) bond motifs is 19. The van der Waals surface area contributed by atoms with Crippen LogP contribution in [0.1, 0.15) is 5.56 Å². The van der Waals surface area contributed by atoms with Crippen LogP contribution in [-0.4, -0.2) is 27.1 Å². The van der Waals surface area contributed by atoms with Crippen LogP contribution >= 0.6 is 11.8 Å². The summed E-state index contributed by atoms with van der Waals surface area (Å²) in [6.07, 6.45) is 7.07. The molecule has 11 heteroatoms. The number of rotatable bonds is 7. The molecule has 15 aromatic rings. The second kappa shape index (κ2) is 20.3. The lowest BCUT2D eigenvalue weighted by atomic mass is 9.35. The molecule has 7 heterocycles. The fourth-order valence-corrected chi connectivity index (χ4v) is 15.3. The minimum Gasteiger partial charge on any atom is -0.458 e. The molecule has 19 rings (SSSR count). The van der Waals surface area contributed by atoms with Crippen molar-refractivity contribution in [1.82, 2.24) is 13.7 Å². The summed E-state index contributed by atoms with van der Waals surface area (Å²) in [6, 6.07) is 88.1. The van der Waals surface area contributed by atoms with Gasteiger partial charge in [-0.3, -0.25) is 0 Å². The Morgan fingerprint density at radius 1 is 0.356 bits per heavy atom. The molecule has 0 bridgehead atoms. The third-order valence-electron chi connectivity index (χ3n) is 18.1. The highest BCUT2D eigenvalue weighted by atomic mass is 32.2. The third kappa shape index (κ3) is 7.71. The maximum Gasteiger partial charge on any atom is 0.260 e. The van der Waals surface area contributed by atoms with E-state index in [1.807, 2.05) is 60.7 Å². The highest BCUT2D eigenvalue weighted by molar-refractivity contribution is 7.99. The van der Waals surface area contributed by atoms with Crippen molar-refractivity contribution in [2.24, 2.45) is 0 Å². The van der Waals surface area contributed by atoms with Gasteiger partial charge in [0.25, 0.3) is 13.4 Å². The van der Waals surface area contributed by atoms with Crippen molar-refractivity contribution in [3.8, 4) is 69.1 Å². The number of hydrogen-bond donors (Lipinski definition) is 0. The first-order chi connectivity index (χ1) is 44.5. The van der Waals surface area contributed by atoms with Gasteiger partial charge in [0.1, 0.15) is 46.0 Å². The Morgan fingerprint density at radius 2 is 0.722 bits per heavy atom. The first kappa shape index (κ1) is 51.6. The number of nitrogens with zero attached hydrogens (tertiary/aromatic N) is 4. The van der Waals surface area contributed by atoms with E-state index in [2.05, 4.69) is 227 Å². The van der Waals surface area contributed by atoms with E-state index in [-0.39, 0.29) is 13.4 Å². The molecular weight excluding hydrogens is 1120 g/mol. The van der Waals surface area contributed by atoms with Gasteiger partial charge in [0, 0.05) is 83.0 Å². The molecule has 0 unspecified atom stereocenters. The topological polar surface area (TPSA) is 75.5 Å². The van der Waals surface area contributed by atoms with Crippen LogP contribution in [0, 0.1) is 11.3 Å². The van der Waals surface area contributed by atoms with Crippen molar-refractivity contribution in [3.05, 3.63) is 286 Å². The van der Waals surface area contributed by atoms with Gasteiger partial charge in [0.05, 0.1) is 56.1 Å². The van der Waals surface area contributed by atoms with Crippen LogP contribution in [0.4, 0.5) is 0 Å². The number of para-hydroxylation sites is 6. The van der Waals surface area contributed by atoms with Crippen molar-refractivity contribution in [2.45, 2.75) is 9.79 Å². The lowest BCUT2D eigenvalue weighted by Crippen LogP contribution is -2.57. The van der Waals surface area contributed by atoms with Crippen molar-refractivity contribution >= 4 is 123 Å². The molecule has 0 atom stereocenters. The molecule has 4 aliphatic heterocycles. The summed E-state index contributed by atoms with van der Waals surface area (Å²) < 4.78 is 34.9. The average molecular weight is 1170 g/mol. The van der Waals surface area contributed by atoms with Crippen molar-refractivity contribution in [1.29, 1.82) is 5.26 Å². The van der Waals surface area contributed by atoms with E-state index >= 15 is 0 Å². The van der Waals surface area contributed by atoms with Crippen LogP contribution in [-0.2, 0) is 0 Å². The van der Waals surface area contributed by atoms with E-state index < -0.39 is 0 Å². The molecule has 4 aliphatic rings. The van der Waals surface area contributed by atoms with E-state index in [9.17, 15) is 5.26 Å². The predicted molar refractivity (Wildman–Crippen MR) is 370 cm³/mol. The monoisotopic (exact) mass is 1170 g/mol. The predicted octanol–water partition coefficient (Wildman–Crippen LogP) is 16.4. The number of hydrogen-bond acceptors (Lipinski definition) is 6.